The first-order chi connectivity index (χ1) is 13.2. The highest BCUT2D eigenvalue weighted by molar-refractivity contribution is 5.74. The van der Waals surface area contributed by atoms with Crippen LogP contribution in [0.3, 0.4) is 0 Å². The molecule has 8 heteroatoms. The highest BCUT2D eigenvalue weighted by Crippen LogP contribution is 2.27. The van der Waals surface area contributed by atoms with E-state index in [0.717, 1.165) is 41.4 Å². The van der Waals surface area contributed by atoms with Crippen molar-refractivity contribution in [3.8, 4) is 0 Å². The number of aromatic nitrogens is 4. The van der Waals surface area contributed by atoms with Gasteiger partial charge in [-0.25, -0.2) is 9.97 Å². The second-order valence-electron chi connectivity index (χ2n) is 6.74. The molecule has 1 atom stereocenters. The van der Waals surface area contributed by atoms with Crippen LogP contribution < -0.4 is 10.2 Å². The first-order valence-electron chi connectivity index (χ1n) is 9.19. The van der Waals surface area contributed by atoms with E-state index in [0.29, 0.717) is 25.6 Å². The number of rotatable bonds is 7. The maximum Gasteiger partial charge on any atom is 0.224 e. The monoisotopic (exact) mass is 368 g/mol. The Bertz CT molecular complexity index is 873. The Hall–Kier alpha value is -2.71. The molecule has 2 aromatic heterocycles. The number of para-hydroxylation sites is 2. The number of hydrogen-bond acceptors (Lipinski definition) is 7. The van der Waals surface area contributed by atoms with Crippen LogP contribution in [0.5, 0.6) is 0 Å². The zero-order valence-electron chi connectivity index (χ0n) is 15.4. The van der Waals surface area contributed by atoms with Crippen molar-refractivity contribution in [2.75, 3.05) is 43.6 Å². The Balaban J connectivity index is 1.58. The van der Waals surface area contributed by atoms with Crippen LogP contribution in [0.1, 0.15) is 23.9 Å². The van der Waals surface area contributed by atoms with Gasteiger partial charge in [-0.3, -0.25) is 0 Å². The number of nitrogens with one attached hydrogen (secondary N) is 2. The lowest BCUT2D eigenvalue weighted by Gasteiger charge is -2.20. The SMILES string of the molecule is CN(Cc1nc2ccccc2[nH]1)c1cc([C@H]2CCOC2)nc(NCCO)n1. The number of fused-ring (bicyclic) bond motifs is 1. The van der Waals surface area contributed by atoms with Crippen LogP contribution in [0, 0.1) is 0 Å². The van der Waals surface area contributed by atoms with Crippen LogP contribution in [0.2, 0.25) is 0 Å². The van der Waals surface area contributed by atoms with E-state index >= 15 is 0 Å². The van der Waals surface area contributed by atoms with Crippen molar-refractivity contribution in [3.63, 3.8) is 0 Å². The minimum Gasteiger partial charge on any atom is -0.395 e. The molecule has 0 spiro atoms. The van der Waals surface area contributed by atoms with Gasteiger partial charge in [-0.2, -0.15) is 4.98 Å². The van der Waals surface area contributed by atoms with Crippen molar-refractivity contribution in [2.24, 2.45) is 0 Å². The highest BCUT2D eigenvalue weighted by Gasteiger charge is 2.21. The largest absolute Gasteiger partial charge is 0.395 e. The first kappa shape index (κ1) is 17.7. The van der Waals surface area contributed by atoms with Crippen LogP contribution in [-0.4, -0.2) is 58.5 Å². The molecule has 1 aliphatic rings. The predicted octanol–water partition coefficient (Wildman–Crippen LogP) is 1.90. The summed E-state index contributed by atoms with van der Waals surface area (Å²) in [4.78, 5) is 19.3. The number of benzene rings is 1. The first-order valence-corrected chi connectivity index (χ1v) is 9.19. The molecule has 0 saturated carbocycles. The Labute approximate surface area is 157 Å². The molecular formula is C19H24N6O2. The van der Waals surface area contributed by atoms with E-state index in [-0.39, 0.29) is 12.5 Å². The number of hydrogen-bond donors (Lipinski definition) is 3. The number of imidazole rings is 1. The van der Waals surface area contributed by atoms with Gasteiger partial charge in [0.1, 0.15) is 11.6 Å². The van der Waals surface area contributed by atoms with Crippen LogP contribution in [0.15, 0.2) is 30.3 Å². The topological polar surface area (TPSA) is 99.2 Å². The van der Waals surface area contributed by atoms with E-state index in [2.05, 4.69) is 25.3 Å². The molecular weight excluding hydrogens is 344 g/mol. The van der Waals surface area contributed by atoms with Crippen LogP contribution in [0.25, 0.3) is 11.0 Å². The summed E-state index contributed by atoms with van der Waals surface area (Å²) in [6.07, 6.45) is 0.961. The average molecular weight is 368 g/mol. The number of aromatic amines is 1. The molecule has 1 fully saturated rings. The molecule has 8 nitrogen and oxygen atoms in total. The minimum atomic E-state index is 0.0320. The third kappa shape index (κ3) is 4.01. The molecule has 1 aliphatic heterocycles. The Morgan fingerprint density at radius 2 is 2.19 bits per heavy atom. The summed E-state index contributed by atoms with van der Waals surface area (Å²) in [7, 11) is 1.99. The summed E-state index contributed by atoms with van der Waals surface area (Å²) >= 11 is 0. The number of aliphatic hydroxyl groups is 1. The number of nitrogens with zero attached hydrogens (tertiary/aromatic N) is 4. The second kappa shape index (κ2) is 7.89. The molecule has 0 unspecified atom stereocenters. The van der Waals surface area contributed by atoms with Gasteiger partial charge in [0.05, 0.1) is 36.5 Å². The minimum absolute atomic E-state index is 0.0320. The Morgan fingerprint density at radius 1 is 1.30 bits per heavy atom. The summed E-state index contributed by atoms with van der Waals surface area (Å²) in [5.74, 6) is 2.50. The highest BCUT2D eigenvalue weighted by atomic mass is 16.5. The van der Waals surface area contributed by atoms with Gasteiger partial charge in [0, 0.05) is 32.2 Å². The second-order valence-corrected chi connectivity index (χ2v) is 6.74. The van der Waals surface area contributed by atoms with Crippen molar-refractivity contribution in [1.29, 1.82) is 0 Å². The van der Waals surface area contributed by atoms with Crippen LogP contribution in [-0.2, 0) is 11.3 Å². The van der Waals surface area contributed by atoms with E-state index in [1.165, 1.54) is 0 Å². The summed E-state index contributed by atoms with van der Waals surface area (Å²) < 4.78 is 5.51. The molecule has 3 N–H and O–H groups in total. The number of H-pyrrole nitrogens is 1. The van der Waals surface area contributed by atoms with E-state index in [9.17, 15) is 0 Å². The molecule has 0 bridgehead atoms. The lowest BCUT2D eigenvalue weighted by Crippen LogP contribution is -2.21. The van der Waals surface area contributed by atoms with Crippen molar-refractivity contribution in [1.82, 2.24) is 19.9 Å². The molecule has 0 radical (unpaired) electrons. The average Bonchev–Trinajstić information content (AvgIpc) is 3.35. The molecule has 142 valence electrons. The normalized spacial score (nSPS) is 16.7. The molecule has 0 aliphatic carbocycles. The fourth-order valence-corrected chi connectivity index (χ4v) is 3.26. The van der Waals surface area contributed by atoms with Gasteiger partial charge in [0.2, 0.25) is 5.95 Å². The number of ether oxygens (including phenoxy) is 1. The predicted molar refractivity (Wildman–Crippen MR) is 104 cm³/mol. The molecule has 1 aromatic carbocycles. The van der Waals surface area contributed by atoms with Gasteiger partial charge in [0.25, 0.3) is 0 Å². The fourth-order valence-electron chi connectivity index (χ4n) is 3.26. The van der Waals surface area contributed by atoms with Crippen molar-refractivity contribution in [3.05, 3.63) is 41.9 Å². The van der Waals surface area contributed by atoms with Crippen molar-refractivity contribution >= 4 is 22.8 Å². The summed E-state index contributed by atoms with van der Waals surface area (Å²) in [6, 6.07) is 10.0. The van der Waals surface area contributed by atoms with Crippen molar-refractivity contribution < 1.29 is 9.84 Å². The molecule has 3 heterocycles. The van der Waals surface area contributed by atoms with Gasteiger partial charge in [0.15, 0.2) is 0 Å². The smallest absolute Gasteiger partial charge is 0.224 e. The van der Waals surface area contributed by atoms with E-state index in [4.69, 9.17) is 9.84 Å². The molecule has 0 amide bonds. The van der Waals surface area contributed by atoms with Crippen LogP contribution in [0.4, 0.5) is 11.8 Å². The van der Waals surface area contributed by atoms with E-state index in [1.54, 1.807) is 0 Å². The zero-order chi connectivity index (χ0) is 18.6. The Morgan fingerprint density at radius 3 is 2.96 bits per heavy atom. The summed E-state index contributed by atoms with van der Waals surface area (Å²) in [6.45, 7) is 2.49. The van der Waals surface area contributed by atoms with Crippen molar-refractivity contribution in [2.45, 2.75) is 18.9 Å². The third-order valence-electron chi connectivity index (χ3n) is 4.69. The maximum absolute atomic E-state index is 9.09. The number of anilines is 2. The molecule has 4 rings (SSSR count). The van der Waals surface area contributed by atoms with E-state index < -0.39 is 0 Å². The Kier molecular flexibility index (Phi) is 5.17. The van der Waals surface area contributed by atoms with Crippen LogP contribution >= 0.6 is 0 Å². The zero-order valence-corrected chi connectivity index (χ0v) is 15.4. The maximum atomic E-state index is 9.09. The summed E-state index contributed by atoms with van der Waals surface area (Å²) in [5.41, 5.74) is 2.95. The lowest BCUT2D eigenvalue weighted by molar-refractivity contribution is 0.193. The van der Waals surface area contributed by atoms with Gasteiger partial charge in [-0.15, -0.1) is 0 Å². The molecule has 3 aromatic rings. The third-order valence-corrected chi connectivity index (χ3v) is 4.69. The van der Waals surface area contributed by atoms with E-state index in [1.807, 2.05) is 42.3 Å². The molecule has 27 heavy (non-hydrogen) atoms. The fraction of sp³-hybridized carbons (Fsp3) is 0.421. The standard InChI is InChI=1S/C19H24N6O2/c1-25(11-17-21-14-4-2-3-5-15(14)22-17)18-10-16(13-6-9-27-12-13)23-19(24-18)20-7-8-26/h2-5,10,13,26H,6-9,11-12H2,1H3,(H,21,22)(H,20,23,24)/t13-/m0/s1. The van der Waals surface area contributed by atoms with Gasteiger partial charge >= 0.3 is 0 Å². The lowest BCUT2D eigenvalue weighted by atomic mass is 10.0. The summed E-state index contributed by atoms with van der Waals surface area (Å²) in [5, 5.41) is 12.2. The number of aliphatic hydroxyl groups excluding tert-OH is 1. The quantitative estimate of drug-likeness (QED) is 0.586. The molecule has 1 saturated heterocycles. The van der Waals surface area contributed by atoms with Gasteiger partial charge in [-0.1, -0.05) is 12.1 Å². The van der Waals surface area contributed by atoms with Gasteiger partial charge < -0.3 is 25.0 Å². The van der Waals surface area contributed by atoms with Gasteiger partial charge in [-0.05, 0) is 18.6 Å².